The molecule has 0 radical (unpaired) electrons. The van der Waals surface area contributed by atoms with Crippen LogP contribution < -0.4 is 24.7 Å². The van der Waals surface area contributed by atoms with Gasteiger partial charge in [0.25, 0.3) is 0 Å². The molecule has 1 heterocycles. The molecule has 0 aliphatic carbocycles. The summed E-state index contributed by atoms with van der Waals surface area (Å²) in [5, 5.41) is 7.08. The molecule has 1 atom stereocenters. The molecule has 0 bridgehead atoms. The molecular weight excluding hydrogens is 360 g/mol. The van der Waals surface area contributed by atoms with Gasteiger partial charge in [-0.2, -0.15) is 5.10 Å². The second-order valence-corrected chi connectivity index (χ2v) is 5.93. The summed E-state index contributed by atoms with van der Waals surface area (Å²) in [5.74, 6) is 3.82. The van der Waals surface area contributed by atoms with E-state index in [0.717, 1.165) is 11.3 Å². The molecule has 3 N–H and O–H groups in total. The van der Waals surface area contributed by atoms with E-state index in [0.29, 0.717) is 35.5 Å². The van der Waals surface area contributed by atoms with E-state index >= 15 is 0 Å². The van der Waals surface area contributed by atoms with Crippen molar-refractivity contribution in [2.24, 2.45) is 5.73 Å². The van der Waals surface area contributed by atoms with E-state index in [-0.39, 0.29) is 6.61 Å². The molecule has 0 aliphatic heterocycles. The molecule has 8 nitrogen and oxygen atoms in total. The molecule has 3 aromatic rings. The molecule has 0 spiro atoms. The predicted molar refractivity (Wildman–Crippen MR) is 104 cm³/mol. The van der Waals surface area contributed by atoms with Gasteiger partial charge in [-0.1, -0.05) is 6.07 Å². The van der Waals surface area contributed by atoms with E-state index < -0.39 is 6.04 Å². The van der Waals surface area contributed by atoms with Crippen LogP contribution in [-0.4, -0.2) is 36.0 Å². The van der Waals surface area contributed by atoms with E-state index in [9.17, 15) is 0 Å². The lowest BCUT2D eigenvalue weighted by molar-refractivity contribution is 0.295. The highest BCUT2D eigenvalue weighted by molar-refractivity contribution is 5.44. The lowest BCUT2D eigenvalue weighted by Gasteiger charge is -2.13. The molecule has 8 heteroatoms. The topological polar surface area (TPSA) is 105 Å². The van der Waals surface area contributed by atoms with E-state index in [1.807, 2.05) is 49.4 Å². The minimum atomic E-state index is -0.504. The number of aromatic amines is 1. The second kappa shape index (κ2) is 9.09. The standard InChI is InChI=1S/C20H24N4O4/c1-4-27-16-10-5-13(11-17(16)26-3)19(21)20-22-18(23-24-20)12-28-15-8-6-14(25-2)7-9-15/h5-11,19H,4,12,21H2,1-3H3,(H,22,23,24)/t19-/m0/s1. The van der Waals surface area contributed by atoms with Crippen molar-refractivity contribution in [1.82, 2.24) is 15.2 Å². The number of rotatable bonds is 9. The highest BCUT2D eigenvalue weighted by Gasteiger charge is 2.17. The van der Waals surface area contributed by atoms with Crippen LogP contribution in [0.4, 0.5) is 0 Å². The molecule has 148 valence electrons. The van der Waals surface area contributed by atoms with E-state index in [1.54, 1.807) is 14.2 Å². The van der Waals surface area contributed by atoms with Crippen molar-refractivity contribution in [2.45, 2.75) is 19.6 Å². The smallest absolute Gasteiger partial charge is 0.172 e. The third-order valence-electron chi connectivity index (χ3n) is 4.11. The molecule has 0 saturated carbocycles. The first-order valence-electron chi connectivity index (χ1n) is 8.89. The predicted octanol–water partition coefficient (Wildman–Crippen LogP) is 2.85. The number of nitrogens with two attached hydrogens (primary N) is 1. The van der Waals surface area contributed by atoms with Gasteiger partial charge in [0.05, 0.1) is 26.9 Å². The Labute approximate surface area is 163 Å². The van der Waals surface area contributed by atoms with Crippen molar-refractivity contribution in [1.29, 1.82) is 0 Å². The molecule has 0 aliphatic rings. The van der Waals surface area contributed by atoms with Crippen LogP contribution in [0.2, 0.25) is 0 Å². The van der Waals surface area contributed by atoms with Gasteiger partial charge in [0.1, 0.15) is 18.1 Å². The highest BCUT2D eigenvalue weighted by Crippen LogP contribution is 2.31. The van der Waals surface area contributed by atoms with Crippen LogP contribution in [0, 0.1) is 0 Å². The van der Waals surface area contributed by atoms with Crippen LogP contribution in [0.15, 0.2) is 42.5 Å². The normalized spacial score (nSPS) is 11.7. The molecule has 0 amide bonds. The quantitative estimate of drug-likeness (QED) is 0.584. The fourth-order valence-electron chi connectivity index (χ4n) is 2.64. The molecule has 0 unspecified atom stereocenters. The van der Waals surface area contributed by atoms with Gasteiger partial charge >= 0.3 is 0 Å². The van der Waals surface area contributed by atoms with Crippen LogP contribution >= 0.6 is 0 Å². The zero-order valence-corrected chi connectivity index (χ0v) is 16.1. The summed E-state index contributed by atoms with van der Waals surface area (Å²) in [5.41, 5.74) is 7.14. The molecule has 28 heavy (non-hydrogen) atoms. The maximum atomic E-state index is 6.32. The first-order valence-corrected chi connectivity index (χ1v) is 8.89. The number of ether oxygens (including phenoxy) is 4. The van der Waals surface area contributed by atoms with Crippen molar-refractivity contribution in [2.75, 3.05) is 20.8 Å². The average Bonchev–Trinajstić information content (AvgIpc) is 3.21. The van der Waals surface area contributed by atoms with Crippen LogP contribution in [-0.2, 0) is 6.61 Å². The van der Waals surface area contributed by atoms with Crippen molar-refractivity contribution in [3.63, 3.8) is 0 Å². The maximum absolute atomic E-state index is 6.32. The number of aromatic nitrogens is 3. The van der Waals surface area contributed by atoms with Gasteiger partial charge in [-0.25, -0.2) is 4.98 Å². The summed E-state index contributed by atoms with van der Waals surface area (Å²) >= 11 is 0. The molecular formula is C20H24N4O4. The Hall–Kier alpha value is -3.26. The number of hydrogen-bond acceptors (Lipinski definition) is 7. The minimum Gasteiger partial charge on any atom is -0.497 e. The Morgan fingerprint density at radius 1 is 0.964 bits per heavy atom. The summed E-state index contributed by atoms with van der Waals surface area (Å²) in [6.07, 6.45) is 0. The molecule has 0 saturated heterocycles. The maximum Gasteiger partial charge on any atom is 0.172 e. The summed E-state index contributed by atoms with van der Waals surface area (Å²) in [6, 6.07) is 12.4. The Kier molecular flexibility index (Phi) is 6.33. The molecule has 0 fully saturated rings. The van der Waals surface area contributed by atoms with Crippen molar-refractivity contribution in [3.8, 4) is 23.0 Å². The van der Waals surface area contributed by atoms with Crippen LogP contribution in [0.5, 0.6) is 23.0 Å². The second-order valence-electron chi connectivity index (χ2n) is 5.93. The van der Waals surface area contributed by atoms with Crippen molar-refractivity contribution >= 4 is 0 Å². The van der Waals surface area contributed by atoms with Crippen molar-refractivity contribution < 1.29 is 18.9 Å². The Bertz CT molecular complexity index is 895. The van der Waals surface area contributed by atoms with Gasteiger partial charge in [0.15, 0.2) is 23.1 Å². The first-order chi connectivity index (χ1) is 13.6. The van der Waals surface area contributed by atoms with E-state index in [1.165, 1.54) is 0 Å². The van der Waals surface area contributed by atoms with Gasteiger partial charge < -0.3 is 24.7 Å². The number of hydrogen-bond donors (Lipinski definition) is 2. The number of nitrogens with zero attached hydrogens (tertiary/aromatic N) is 2. The fourth-order valence-corrected chi connectivity index (χ4v) is 2.64. The fraction of sp³-hybridized carbons (Fsp3) is 0.300. The van der Waals surface area contributed by atoms with Crippen molar-refractivity contribution in [3.05, 3.63) is 59.7 Å². The van der Waals surface area contributed by atoms with Gasteiger partial charge in [0, 0.05) is 0 Å². The van der Waals surface area contributed by atoms with Crippen LogP contribution in [0.1, 0.15) is 30.2 Å². The largest absolute Gasteiger partial charge is 0.497 e. The third kappa shape index (κ3) is 4.52. The summed E-state index contributed by atoms with van der Waals surface area (Å²) in [4.78, 5) is 4.44. The minimum absolute atomic E-state index is 0.249. The first kappa shape index (κ1) is 19.5. The highest BCUT2D eigenvalue weighted by atomic mass is 16.5. The SMILES string of the molecule is CCOc1ccc([C@H](N)c2n[nH]c(COc3ccc(OC)cc3)n2)cc1OC. The zero-order chi connectivity index (χ0) is 19.9. The molecule has 2 aromatic carbocycles. The van der Waals surface area contributed by atoms with E-state index in [4.69, 9.17) is 24.7 Å². The number of methoxy groups -OCH3 is 2. The Morgan fingerprint density at radius 3 is 2.39 bits per heavy atom. The average molecular weight is 384 g/mol. The number of nitrogens with one attached hydrogen (secondary N) is 1. The van der Waals surface area contributed by atoms with Gasteiger partial charge in [-0.3, -0.25) is 5.10 Å². The summed E-state index contributed by atoms with van der Waals surface area (Å²) < 4.78 is 21.7. The van der Waals surface area contributed by atoms with E-state index in [2.05, 4.69) is 15.2 Å². The van der Waals surface area contributed by atoms with Crippen LogP contribution in [0.25, 0.3) is 0 Å². The zero-order valence-electron chi connectivity index (χ0n) is 16.1. The third-order valence-corrected chi connectivity index (χ3v) is 4.11. The van der Waals surface area contributed by atoms with Gasteiger partial charge in [0.2, 0.25) is 0 Å². The molecule has 1 aromatic heterocycles. The number of benzene rings is 2. The lowest BCUT2D eigenvalue weighted by Crippen LogP contribution is -2.14. The summed E-state index contributed by atoms with van der Waals surface area (Å²) in [7, 11) is 3.21. The number of H-pyrrole nitrogens is 1. The Morgan fingerprint density at radius 2 is 1.71 bits per heavy atom. The van der Waals surface area contributed by atoms with Gasteiger partial charge in [-0.15, -0.1) is 0 Å². The lowest BCUT2D eigenvalue weighted by atomic mass is 10.1. The van der Waals surface area contributed by atoms with Crippen LogP contribution in [0.3, 0.4) is 0 Å². The van der Waals surface area contributed by atoms with Gasteiger partial charge in [-0.05, 0) is 48.9 Å². The summed E-state index contributed by atoms with van der Waals surface area (Å²) in [6.45, 7) is 2.72. The Balaban J connectivity index is 1.67. The monoisotopic (exact) mass is 384 g/mol. The molecule has 3 rings (SSSR count).